The molecule has 4 heterocycles. The number of para-hydroxylation sites is 3. The highest BCUT2D eigenvalue weighted by Gasteiger charge is 2.44. The van der Waals surface area contributed by atoms with Crippen LogP contribution >= 0.6 is 0 Å². The number of rotatable bonds is 6. The largest absolute Gasteiger partial charge is 0.438 e. The van der Waals surface area contributed by atoms with E-state index in [1.165, 1.54) is 39.0 Å². The minimum atomic E-state index is -0.357. The maximum absolute atomic E-state index is 6.31. The van der Waals surface area contributed by atoms with Gasteiger partial charge in [-0.2, -0.15) is 4.57 Å². The molecule has 0 bridgehead atoms. The molecule has 3 aromatic carbocycles. The molecule has 0 unspecified atom stereocenters. The fraction of sp³-hybridized carbons (Fsp3) is 0.350. The van der Waals surface area contributed by atoms with Gasteiger partial charge >= 0.3 is 5.95 Å². The standard InChI is InChI=1S/C40H46N5O/c1-24(2)29-14-13-15-30(25(3)4)37(29)45-33-17-12-11-16-32(33)42(10)39(45)43-22-23-44(28(43)7)40(8,9)36-26(5)18-21-34-35(36)31-20-19-27(6)41-38(31)46-34/h11-25,28H,1-10H3/q+1/t28-/m1/s1. The fourth-order valence-corrected chi connectivity index (χ4v) is 7.86. The van der Waals surface area contributed by atoms with Gasteiger partial charge in [-0.15, -0.1) is 0 Å². The van der Waals surface area contributed by atoms with Crippen molar-refractivity contribution in [3.8, 4) is 5.69 Å². The van der Waals surface area contributed by atoms with E-state index in [-0.39, 0.29) is 11.7 Å². The average Bonchev–Trinajstić information content (AvgIpc) is 3.67. The summed E-state index contributed by atoms with van der Waals surface area (Å²) in [5.41, 5.74) is 11.1. The second-order valence-electron chi connectivity index (χ2n) is 14.1. The smallest absolute Gasteiger partial charge is 0.371 e. The molecule has 0 radical (unpaired) electrons. The molecule has 236 valence electrons. The van der Waals surface area contributed by atoms with E-state index < -0.39 is 0 Å². The third-order valence-electron chi connectivity index (χ3n) is 10.1. The van der Waals surface area contributed by atoms with Crippen molar-refractivity contribution in [1.82, 2.24) is 14.5 Å². The minimum Gasteiger partial charge on any atom is -0.438 e. The molecule has 1 aliphatic heterocycles. The van der Waals surface area contributed by atoms with Crippen LogP contribution in [0.2, 0.25) is 0 Å². The number of hydrogen-bond acceptors (Lipinski definition) is 4. The summed E-state index contributed by atoms with van der Waals surface area (Å²) in [7, 11) is 2.20. The Hall–Kier alpha value is -4.58. The van der Waals surface area contributed by atoms with Gasteiger partial charge in [0, 0.05) is 22.7 Å². The molecule has 0 aliphatic carbocycles. The average molecular weight is 613 g/mol. The highest BCUT2D eigenvalue weighted by Crippen LogP contribution is 2.44. The van der Waals surface area contributed by atoms with Crippen molar-refractivity contribution in [1.29, 1.82) is 0 Å². The number of hydrogen-bond donors (Lipinski definition) is 0. The topological polar surface area (TPSA) is 41.3 Å². The number of nitrogens with zero attached hydrogens (tertiary/aromatic N) is 5. The zero-order chi connectivity index (χ0) is 32.7. The van der Waals surface area contributed by atoms with Gasteiger partial charge < -0.3 is 9.32 Å². The maximum Gasteiger partial charge on any atom is 0.371 e. The third kappa shape index (κ3) is 4.37. The zero-order valence-corrected chi connectivity index (χ0v) is 28.9. The third-order valence-corrected chi connectivity index (χ3v) is 10.1. The monoisotopic (exact) mass is 612 g/mol. The van der Waals surface area contributed by atoms with Crippen molar-refractivity contribution >= 4 is 39.1 Å². The van der Waals surface area contributed by atoms with E-state index in [1.807, 2.05) is 6.92 Å². The van der Waals surface area contributed by atoms with Gasteiger partial charge in [0.05, 0.1) is 18.8 Å². The summed E-state index contributed by atoms with van der Waals surface area (Å²) < 4.78 is 11.2. The summed E-state index contributed by atoms with van der Waals surface area (Å²) in [4.78, 5) is 9.67. The lowest BCUT2D eigenvalue weighted by molar-refractivity contribution is -0.632. The normalized spacial score (nSPS) is 15.6. The van der Waals surface area contributed by atoms with E-state index in [0.717, 1.165) is 28.0 Å². The summed E-state index contributed by atoms with van der Waals surface area (Å²) in [6.45, 7) is 20.4. The van der Waals surface area contributed by atoms with Gasteiger partial charge in [0.25, 0.3) is 0 Å². The van der Waals surface area contributed by atoms with Crippen LogP contribution in [-0.2, 0) is 12.6 Å². The summed E-state index contributed by atoms with van der Waals surface area (Å²) in [6.07, 6.45) is 4.57. The second kappa shape index (κ2) is 10.8. The first-order chi connectivity index (χ1) is 21.9. The highest BCUT2D eigenvalue weighted by atomic mass is 16.3. The molecule has 0 fully saturated rings. The number of benzene rings is 3. The van der Waals surface area contributed by atoms with Crippen LogP contribution < -0.4 is 9.47 Å². The van der Waals surface area contributed by atoms with Crippen LogP contribution in [-0.4, -0.2) is 20.6 Å². The molecule has 0 N–H and O–H groups in total. The van der Waals surface area contributed by atoms with Crippen LogP contribution in [0.3, 0.4) is 0 Å². The lowest BCUT2D eigenvalue weighted by Gasteiger charge is -2.41. The van der Waals surface area contributed by atoms with Gasteiger partial charge in [-0.05, 0) is 99.0 Å². The molecule has 6 heteroatoms. The van der Waals surface area contributed by atoms with Crippen molar-refractivity contribution in [2.45, 2.75) is 85.9 Å². The summed E-state index contributed by atoms with van der Waals surface area (Å²) >= 11 is 0. The lowest BCUT2D eigenvalue weighted by Crippen LogP contribution is -2.49. The van der Waals surface area contributed by atoms with E-state index in [1.54, 1.807) is 0 Å². The number of pyridine rings is 1. The summed E-state index contributed by atoms with van der Waals surface area (Å²) in [5, 5.41) is 2.22. The Morgan fingerprint density at radius 3 is 2.24 bits per heavy atom. The van der Waals surface area contributed by atoms with Crippen molar-refractivity contribution < 1.29 is 8.98 Å². The number of anilines is 1. The zero-order valence-electron chi connectivity index (χ0n) is 28.9. The van der Waals surface area contributed by atoms with E-state index in [0.29, 0.717) is 17.5 Å². The fourth-order valence-electron chi connectivity index (χ4n) is 7.86. The Kier molecular flexibility index (Phi) is 7.04. The predicted octanol–water partition coefficient (Wildman–Crippen LogP) is 9.49. The first kappa shape index (κ1) is 30.1. The molecule has 7 rings (SSSR count). The number of aryl methyl sites for hydroxylation is 3. The highest BCUT2D eigenvalue weighted by molar-refractivity contribution is 6.06. The van der Waals surface area contributed by atoms with Crippen LogP contribution in [0.15, 0.2) is 83.5 Å². The van der Waals surface area contributed by atoms with Crippen LogP contribution in [0.5, 0.6) is 0 Å². The van der Waals surface area contributed by atoms with Gasteiger partial charge in [-0.3, -0.25) is 0 Å². The Morgan fingerprint density at radius 2 is 1.54 bits per heavy atom. The van der Waals surface area contributed by atoms with Crippen LogP contribution in [0.1, 0.15) is 88.2 Å². The van der Waals surface area contributed by atoms with Gasteiger partial charge in [0.1, 0.15) is 22.3 Å². The number of imidazole rings is 1. The minimum absolute atomic E-state index is 0.0335. The molecule has 6 aromatic rings. The van der Waals surface area contributed by atoms with E-state index in [2.05, 4.69) is 161 Å². The Bertz CT molecular complexity index is 2140. The molecule has 1 aliphatic rings. The molecule has 6 nitrogen and oxygen atoms in total. The Morgan fingerprint density at radius 1 is 0.848 bits per heavy atom. The summed E-state index contributed by atoms with van der Waals surface area (Å²) in [6, 6.07) is 24.1. The predicted molar refractivity (Wildman–Crippen MR) is 190 cm³/mol. The first-order valence-electron chi connectivity index (χ1n) is 16.6. The SMILES string of the molecule is Cc1ccc2c(n1)oc1ccc(C)c(C(C)(C)N3C=CN(c4n(-c5c(C(C)C)cccc5C(C)C)c5ccccc5[n+]4C)[C@H]3C)c12. The molecule has 1 atom stereocenters. The molecular formula is C40H46N5O+. The Balaban J connectivity index is 1.41. The molecule has 3 aromatic heterocycles. The maximum atomic E-state index is 6.31. The van der Waals surface area contributed by atoms with E-state index in [4.69, 9.17) is 9.40 Å². The van der Waals surface area contributed by atoms with E-state index >= 15 is 0 Å². The molecule has 0 amide bonds. The van der Waals surface area contributed by atoms with Crippen molar-refractivity contribution in [3.05, 3.63) is 107 Å². The summed E-state index contributed by atoms with van der Waals surface area (Å²) in [5.74, 6) is 1.89. The molecule has 0 saturated heterocycles. The molecular weight excluding hydrogens is 566 g/mol. The van der Waals surface area contributed by atoms with Crippen LogP contribution in [0, 0.1) is 13.8 Å². The quantitative estimate of drug-likeness (QED) is 0.176. The molecule has 0 spiro atoms. The molecule has 0 saturated carbocycles. The van der Waals surface area contributed by atoms with Gasteiger partial charge in [0.15, 0.2) is 6.17 Å². The lowest BCUT2D eigenvalue weighted by atomic mass is 9.85. The van der Waals surface area contributed by atoms with Crippen LogP contribution in [0.4, 0.5) is 5.95 Å². The van der Waals surface area contributed by atoms with Crippen molar-refractivity contribution in [3.63, 3.8) is 0 Å². The van der Waals surface area contributed by atoms with Gasteiger partial charge in [-0.1, -0.05) is 64.1 Å². The Labute approximate surface area is 272 Å². The van der Waals surface area contributed by atoms with Crippen molar-refractivity contribution in [2.75, 3.05) is 4.90 Å². The molecule has 46 heavy (non-hydrogen) atoms. The van der Waals surface area contributed by atoms with E-state index in [9.17, 15) is 0 Å². The number of aromatic nitrogens is 3. The van der Waals surface area contributed by atoms with Gasteiger partial charge in [-0.25, -0.2) is 14.5 Å². The number of fused-ring (bicyclic) bond motifs is 4. The number of furan rings is 1. The second-order valence-corrected chi connectivity index (χ2v) is 14.1. The van der Waals surface area contributed by atoms with Crippen LogP contribution in [0.25, 0.3) is 38.8 Å². The van der Waals surface area contributed by atoms with Gasteiger partial charge in [0.2, 0.25) is 5.71 Å². The van der Waals surface area contributed by atoms with Crippen molar-refractivity contribution in [2.24, 2.45) is 7.05 Å². The first-order valence-corrected chi connectivity index (χ1v) is 16.6.